The maximum Gasteiger partial charge on any atom is 0.222 e. The minimum absolute atomic E-state index is 0.178. The summed E-state index contributed by atoms with van der Waals surface area (Å²) in [4.78, 5) is 16.9. The molecule has 0 radical (unpaired) electrons. The van der Waals surface area contributed by atoms with Crippen LogP contribution in [0.25, 0.3) is 0 Å². The number of carbonyl (C=O) groups excluding carboxylic acids is 1. The van der Waals surface area contributed by atoms with Gasteiger partial charge < -0.3 is 14.5 Å². The molecule has 1 saturated heterocycles. The van der Waals surface area contributed by atoms with Crippen molar-refractivity contribution in [2.75, 3.05) is 38.2 Å². The van der Waals surface area contributed by atoms with Gasteiger partial charge in [-0.1, -0.05) is 29.3 Å². The second-order valence-corrected chi connectivity index (χ2v) is 7.50. The Morgan fingerprint density at radius 2 is 1.81 bits per heavy atom. The van der Waals surface area contributed by atoms with Crippen LogP contribution < -0.4 is 9.64 Å². The van der Waals surface area contributed by atoms with Gasteiger partial charge >= 0.3 is 0 Å². The molecule has 1 aliphatic heterocycles. The lowest BCUT2D eigenvalue weighted by molar-refractivity contribution is -0.130. The zero-order chi connectivity index (χ0) is 19.2. The molecule has 1 heterocycles. The Morgan fingerprint density at radius 1 is 1.04 bits per heavy atom. The molecule has 1 aliphatic rings. The Bertz CT molecular complexity index is 780. The van der Waals surface area contributed by atoms with E-state index in [2.05, 4.69) is 17.0 Å². The van der Waals surface area contributed by atoms with E-state index in [-0.39, 0.29) is 5.91 Å². The van der Waals surface area contributed by atoms with E-state index in [0.29, 0.717) is 22.9 Å². The summed E-state index contributed by atoms with van der Waals surface area (Å²) in [5.41, 5.74) is 2.13. The summed E-state index contributed by atoms with van der Waals surface area (Å²) in [6, 6.07) is 13.5. The van der Waals surface area contributed by atoms with Crippen LogP contribution in [0.2, 0.25) is 10.0 Å². The minimum atomic E-state index is 0.178. The van der Waals surface area contributed by atoms with Crippen molar-refractivity contribution in [1.29, 1.82) is 0 Å². The van der Waals surface area contributed by atoms with Gasteiger partial charge in [-0.05, 0) is 54.8 Å². The quantitative estimate of drug-likeness (QED) is 0.722. The lowest BCUT2D eigenvalue weighted by atomic mass is 10.1. The number of rotatable bonds is 5. The number of nitrogens with zero attached hydrogens (tertiary/aromatic N) is 2. The topological polar surface area (TPSA) is 32.8 Å². The van der Waals surface area contributed by atoms with Gasteiger partial charge in [-0.2, -0.15) is 0 Å². The summed E-state index contributed by atoms with van der Waals surface area (Å²) in [5.74, 6) is 1.03. The molecule has 0 atom stereocenters. The van der Waals surface area contributed by atoms with Gasteiger partial charge in [0.1, 0.15) is 5.75 Å². The van der Waals surface area contributed by atoms with Crippen LogP contribution in [0.1, 0.15) is 18.4 Å². The molecule has 0 aromatic heterocycles. The van der Waals surface area contributed by atoms with E-state index in [1.54, 1.807) is 13.2 Å². The molecule has 0 unspecified atom stereocenters. The number of carbonyl (C=O) groups is 1. The van der Waals surface area contributed by atoms with Crippen molar-refractivity contribution in [2.24, 2.45) is 0 Å². The van der Waals surface area contributed by atoms with Gasteiger partial charge in [0, 0.05) is 48.3 Å². The van der Waals surface area contributed by atoms with E-state index >= 15 is 0 Å². The third-order valence-corrected chi connectivity index (χ3v) is 5.50. The Kier molecular flexibility index (Phi) is 6.86. The molecule has 27 heavy (non-hydrogen) atoms. The maximum absolute atomic E-state index is 12.7. The SMILES string of the molecule is COc1ccc(N2CCCN(C(=O)CCc3ccc(Cl)cc3Cl)CC2)cc1. The largest absolute Gasteiger partial charge is 0.497 e. The van der Waals surface area contributed by atoms with Crippen LogP contribution in [-0.4, -0.2) is 44.1 Å². The number of amides is 1. The molecule has 1 fully saturated rings. The van der Waals surface area contributed by atoms with Crippen molar-refractivity contribution in [3.05, 3.63) is 58.1 Å². The standard InChI is InChI=1S/C21H24Cl2N2O2/c1-27-19-8-6-18(7-9-19)24-11-2-12-25(14-13-24)21(26)10-4-16-3-5-17(22)15-20(16)23/h3,5-9,15H,2,4,10-14H2,1H3. The zero-order valence-corrected chi connectivity index (χ0v) is 17.0. The van der Waals surface area contributed by atoms with Gasteiger partial charge in [0.15, 0.2) is 0 Å². The molecule has 2 aromatic carbocycles. The Balaban J connectivity index is 1.54. The summed E-state index contributed by atoms with van der Waals surface area (Å²) in [6.45, 7) is 3.30. The molecule has 0 saturated carbocycles. The number of aryl methyl sites for hydroxylation is 1. The van der Waals surface area contributed by atoms with E-state index in [1.165, 1.54) is 0 Å². The van der Waals surface area contributed by atoms with Crippen LogP contribution >= 0.6 is 23.2 Å². The number of ether oxygens (including phenoxy) is 1. The second-order valence-electron chi connectivity index (χ2n) is 6.66. The highest BCUT2D eigenvalue weighted by Crippen LogP contribution is 2.23. The first kappa shape index (κ1) is 19.8. The van der Waals surface area contributed by atoms with Crippen LogP contribution in [0.3, 0.4) is 0 Å². The summed E-state index contributed by atoms with van der Waals surface area (Å²) < 4.78 is 5.22. The highest BCUT2D eigenvalue weighted by molar-refractivity contribution is 6.35. The second kappa shape index (κ2) is 9.34. The van der Waals surface area contributed by atoms with Crippen molar-refractivity contribution >= 4 is 34.8 Å². The molecule has 1 amide bonds. The average molecular weight is 407 g/mol. The van der Waals surface area contributed by atoms with E-state index in [4.69, 9.17) is 27.9 Å². The molecular formula is C21H24Cl2N2O2. The van der Waals surface area contributed by atoms with Crippen molar-refractivity contribution in [2.45, 2.75) is 19.3 Å². The average Bonchev–Trinajstić information content (AvgIpc) is 2.93. The van der Waals surface area contributed by atoms with Gasteiger partial charge in [0.2, 0.25) is 5.91 Å². The minimum Gasteiger partial charge on any atom is -0.497 e. The molecule has 0 spiro atoms. The first-order valence-corrected chi connectivity index (χ1v) is 9.93. The van der Waals surface area contributed by atoms with Crippen molar-refractivity contribution in [3.63, 3.8) is 0 Å². The van der Waals surface area contributed by atoms with Crippen LogP contribution in [0, 0.1) is 0 Å². The molecule has 4 nitrogen and oxygen atoms in total. The fourth-order valence-electron chi connectivity index (χ4n) is 3.34. The summed E-state index contributed by atoms with van der Waals surface area (Å²) in [5, 5.41) is 1.23. The van der Waals surface area contributed by atoms with E-state index in [0.717, 1.165) is 49.6 Å². The molecule has 0 bridgehead atoms. The predicted molar refractivity (Wildman–Crippen MR) is 111 cm³/mol. The van der Waals surface area contributed by atoms with Crippen LogP contribution in [0.15, 0.2) is 42.5 Å². The fraction of sp³-hybridized carbons (Fsp3) is 0.381. The van der Waals surface area contributed by atoms with Gasteiger partial charge in [-0.25, -0.2) is 0 Å². The van der Waals surface area contributed by atoms with Crippen LogP contribution in [0.4, 0.5) is 5.69 Å². The maximum atomic E-state index is 12.7. The number of hydrogen-bond acceptors (Lipinski definition) is 3. The summed E-state index contributed by atoms with van der Waals surface area (Å²) >= 11 is 12.1. The summed E-state index contributed by atoms with van der Waals surface area (Å²) in [6.07, 6.45) is 2.05. The van der Waals surface area contributed by atoms with Gasteiger partial charge in [-0.3, -0.25) is 4.79 Å². The molecule has 144 valence electrons. The van der Waals surface area contributed by atoms with Crippen molar-refractivity contribution < 1.29 is 9.53 Å². The predicted octanol–water partition coefficient (Wildman–Crippen LogP) is 4.67. The lowest BCUT2D eigenvalue weighted by Gasteiger charge is -2.24. The highest BCUT2D eigenvalue weighted by Gasteiger charge is 2.19. The third-order valence-electron chi connectivity index (χ3n) is 4.91. The summed E-state index contributed by atoms with van der Waals surface area (Å²) in [7, 11) is 1.67. The zero-order valence-electron chi connectivity index (χ0n) is 15.5. The third kappa shape index (κ3) is 5.30. The Labute approximate surface area is 170 Å². The van der Waals surface area contributed by atoms with Gasteiger partial charge in [0.25, 0.3) is 0 Å². The number of benzene rings is 2. The number of hydrogen-bond donors (Lipinski definition) is 0. The van der Waals surface area contributed by atoms with E-state index in [9.17, 15) is 4.79 Å². The van der Waals surface area contributed by atoms with Gasteiger partial charge in [-0.15, -0.1) is 0 Å². The van der Waals surface area contributed by atoms with Gasteiger partial charge in [0.05, 0.1) is 7.11 Å². The van der Waals surface area contributed by atoms with E-state index in [1.807, 2.05) is 29.2 Å². The molecular weight excluding hydrogens is 383 g/mol. The Hall–Kier alpha value is -1.91. The molecule has 2 aromatic rings. The number of halogens is 2. The normalized spacial score (nSPS) is 14.8. The molecule has 0 aliphatic carbocycles. The lowest BCUT2D eigenvalue weighted by Crippen LogP contribution is -2.35. The first-order valence-electron chi connectivity index (χ1n) is 9.17. The smallest absolute Gasteiger partial charge is 0.222 e. The van der Waals surface area contributed by atoms with Crippen molar-refractivity contribution in [3.8, 4) is 5.75 Å². The molecule has 6 heteroatoms. The van der Waals surface area contributed by atoms with Crippen molar-refractivity contribution in [1.82, 2.24) is 4.90 Å². The van der Waals surface area contributed by atoms with Crippen LogP contribution in [0.5, 0.6) is 5.75 Å². The first-order chi connectivity index (χ1) is 13.1. The molecule has 0 N–H and O–H groups in total. The monoisotopic (exact) mass is 406 g/mol. The highest BCUT2D eigenvalue weighted by atomic mass is 35.5. The Morgan fingerprint density at radius 3 is 2.52 bits per heavy atom. The van der Waals surface area contributed by atoms with E-state index < -0.39 is 0 Å². The fourth-order valence-corrected chi connectivity index (χ4v) is 3.85. The number of methoxy groups -OCH3 is 1. The molecule has 3 rings (SSSR count). The number of anilines is 1. The van der Waals surface area contributed by atoms with Crippen LogP contribution in [-0.2, 0) is 11.2 Å².